The van der Waals surface area contributed by atoms with Crippen LogP contribution >= 0.6 is 0 Å². The minimum Gasteiger partial charge on any atom is -0.330 e. The number of rotatable bonds is 4. The first-order valence-electron chi connectivity index (χ1n) is 5.38. The van der Waals surface area contributed by atoms with Crippen molar-refractivity contribution >= 4 is 0 Å². The summed E-state index contributed by atoms with van der Waals surface area (Å²) in [6.45, 7) is 8.19. The van der Waals surface area contributed by atoms with E-state index < -0.39 is 0 Å². The maximum Gasteiger partial charge on any atom is 0.00209 e. The number of hydrogen-bond donors (Lipinski definition) is 3. The second kappa shape index (κ2) is 7.30. The van der Waals surface area contributed by atoms with Gasteiger partial charge in [0.15, 0.2) is 0 Å². The highest BCUT2D eigenvalue weighted by Gasteiger charge is 2.31. The Balaban J connectivity index is 0.000000671. The van der Waals surface area contributed by atoms with Crippen molar-refractivity contribution < 1.29 is 0 Å². The number of nitrogens with one attached hydrogen (secondary N) is 2. The predicted octanol–water partition coefficient (Wildman–Crippen LogP) is 0.561. The topological polar surface area (TPSA) is 50.1 Å². The highest BCUT2D eigenvalue weighted by molar-refractivity contribution is 4.89. The lowest BCUT2D eigenvalue weighted by Gasteiger charge is -2.27. The molecule has 80 valence electrons. The highest BCUT2D eigenvalue weighted by atomic mass is 15.0. The monoisotopic (exact) mass is 187 g/mol. The first-order chi connectivity index (χ1) is 6.33. The third-order valence-corrected chi connectivity index (χ3v) is 2.56. The normalized spacial score (nSPS) is 26.8. The molecule has 0 aromatic rings. The lowest BCUT2D eigenvalue weighted by molar-refractivity contribution is 0.292. The summed E-state index contributed by atoms with van der Waals surface area (Å²) in [5, 5.41) is 6.63. The molecule has 1 fully saturated rings. The molecule has 0 amide bonds. The summed E-state index contributed by atoms with van der Waals surface area (Å²) in [7, 11) is 2.01. The Morgan fingerprint density at radius 3 is 2.54 bits per heavy atom. The average Bonchev–Trinajstić information content (AvgIpc) is 2.58. The van der Waals surface area contributed by atoms with Crippen LogP contribution in [0.1, 0.15) is 26.7 Å². The fraction of sp³-hybridized carbons (Fsp3) is 1.00. The van der Waals surface area contributed by atoms with E-state index in [0.717, 1.165) is 32.6 Å². The molecule has 1 atom stereocenters. The van der Waals surface area contributed by atoms with Crippen LogP contribution in [0.2, 0.25) is 0 Å². The predicted molar refractivity (Wildman–Crippen MR) is 58.9 cm³/mol. The van der Waals surface area contributed by atoms with Crippen molar-refractivity contribution in [2.45, 2.75) is 26.7 Å². The van der Waals surface area contributed by atoms with E-state index in [0.29, 0.717) is 5.41 Å². The van der Waals surface area contributed by atoms with E-state index in [1.165, 1.54) is 6.42 Å². The Morgan fingerprint density at radius 2 is 2.15 bits per heavy atom. The Hall–Kier alpha value is -0.120. The molecule has 1 aliphatic heterocycles. The second-order valence-electron chi connectivity index (χ2n) is 3.50. The van der Waals surface area contributed by atoms with E-state index in [4.69, 9.17) is 5.73 Å². The Morgan fingerprint density at radius 1 is 1.46 bits per heavy atom. The fourth-order valence-electron chi connectivity index (χ4n) is 1.93. The smallest absolute Gasteiger partial charge is 0.00209 e. The van der Waals surface area contributed by atoms with Crippen LogP contribution < -0.4 is 16.4 Å². The molecule has 0 saturated carbocycles. The van der Waals surface area contributed by atoms with Gasteiger partial charge in [0.05, 0.1) is 0 Å². The molecule has 1 aliphatic rings. The van der Waals surface area contributed by atoms with Gasteiger partial charge < -0.3 is 16.4 Å². The fourth-order valence-corrected chi connectivity index (χ4v) is 1.93. The summed E-state index contributed by atoms with van der Waals surface area (Å²) in [5.41, 5.74) is 6.02. The Bertz CT molecular complexity index is 101. The molecule has 0 aromatic carbocycles. The molecular formula is C10H25N3. The zero-order valence-electron chi connectivity index (χ0n) is 9.32. The Kier molecular flexibility index (Phi) is 7.23. The molecule has 0 radical (unpaired) electrons. The van der Waals surface area contributed by atoms with Gasteiger partial charge in [0.25, 0.3) is 0 Å². The maximum absolute atomic E-state index is 5.57. The van der Waals surface area contributed by atoms with E-state index in [1.54, 1.807) is 0 Å². The first-order valence-corrected chi connectivity index (χ1v) is 5.38. The van der Waals surface area contributed by atoms with Crippen LogP contribution in [0.3, 0.4) is 0 Å². The summed E-state index contributed by atoms with van der Waals surface area (Å²) in [5.74, 6) is 0. The third-order valence-electron chi connectivity index (χ3n) is 2.56. The standard InChI is InChI=1S/C8H19N3.C2H6/c1-10-6-8(2-4-9)3-5-11-7-8;1-2/h10-11H,2-7,9H2,1H3;1-2H3. The highest BCUT2D eigenvalue weighted by Crippen LogP contribution is 2.27. The molecule has 0 bridgehead atoms. The van der Waals surface area contributed by atoms with Crippen molar-refractivity contribution in [1.29, 1.82) is 0 Å². The van der Waals surface area contributed by atoms with Gasteiger partial charge in [-0.25, -0.2) is 0 Å². The number of nitrogens with two attached hydrogens (primary N) is 1. The van der Waals surface area contributed by atoms with E-state index in [2.05, 4.69) is 10.6 Å². The van der Waals surface area contributed by atoms with Crippen LogP contribution in [-0.4, -0.2) is 33.2 Å². The molecule has 1 rings (SSSR count). The van der Waals surface area contributed by atoms with Crippen molar-refractivity contribution in [2.24, 2.45) is 11.1 Å². The summed E-state index contributed by atoms with van der Waals surface area (Å²) in [6.07, 6.45) is 2.41. The molecular weight excluding hydrogens is 162 g/mol. The van der Waals surface area contributed by atoms with Crippen LogP contribution in [-0.2, 0) is 0 Å². The van der Waals surface area contributed by atoms with E-state index in [-0.39, 0.29) is 0 Å². The number of hydrogen-bond acceptors (Lipinski definition) is 3. The van der Waals surface area contributed by atoms with Gasteiger partial charge in [0, 0.05) is 13.1 Å². The largest absolute Gasteiger partial charge is 0.330 e. The van der Waals surface area contributed by atoms with Crippen LogP contribution in [0.5, 0.6) is 0 Å². The van der Waals surface area contributed by atoms with Crippen molar-refractivity contribution in [3.05, 3.63) is 0 Å². The zero-order valence-corrected chi connectivity index (χ0v) is 9.32. The summed E-state index contributed by atoms with van der Waals surface area (Å²) in [6, 6.07) is 0. The summed E-state index contributed by atoms with van der Waals surface area (Å²) < 4.78 is 0. The molecule has 0 aromatic heterocycles. The van der Waals surface area contributed by atoms with Gasteiger partial charge in [-0.05, 0) is 38.4 Å². The van der Waals surface area contributed by atoms with Gasteiger partial charge >= 0.3 is 0 Å². The van der Waals surface area contributed by atoms with Crippen LogP contribution in [0.15, 0.2) is 0 Å². The molecule has 3 heteroatoms. The van der Waals surface area contributed by atoms with Gasteiger partial charge in [-0.3, -0.25) is 0 Å². The van der Waals surface area contributed by atoms with Crippen molar-refractivity contribution in [3.63, 3.8) is 0 Å². The molecule has 13 heavy (non-hydrogen) atoms. The lowest BCUT2D eigenvalue weighted by Crippen LogP contribution is -2.36. The van der Waals surface area contributed by atoms with Gasteiger partial charge in [-0.2, -0.15) is 0 Å². The molecule has 4 N–H and O–H groups in total. The van der Waals surface area contributed by atoms with E-state index >= 15 is 0 Å². The maximum atomic E-state index is 5.57. The van der Waals surface area contributed by atoms with Crippen molar-refractivity contribution in [1.82, 2.24) is 10.6 Å². The molecule has 3 nitrogen and oxygen atoms in total. The third kappa shape index (κ3) is 4.07. The quantitative estimate of drug-likeness (QED) is 0.603. The van der Waals surface area contributed by atoms with E-state index in [9.17, 15) is 0 Å². The van der Waals surface area contributed by atoms with Gasteiger partial charge in [0.1, 0.15) is 0 Å². The minimum atomic E-state index is 0.448. The van der Waals surface area contributed by atoms with Crippen LogP contribution in [0, 0.1) is 5.41 Å². The van der Waals surface area contributed by atoms with Gasteiger partial charge in [-0.15, -0.1) is 0 Å². The summed E-state index contributed by atoms with van der Waals surface area (Å²) in [4.78, 5) is 0. The summed E-state index contributed by atoms with van der Waals surface area (Å²) >= 11 is 0. The molecule has 0 aliphatic carbocycles. The lowest BCUT2D eigenvalue weighted by atomic mass is 9.83. The van der Waals surface area contributed by atoms with Gasteiger partial charge in [0.2, 0.25) is 0 Å². The average molecular weight is 187 g/mol. The molecule has 1 saturated heterocycles. The zero-order chi connectivity index (χ0) is 10.2. The van der Waals surface area contributed by atoms with Crippen LogP contribution in [0.4, 0.5) is 0 Å². The van der Waals surface area contributed by atoms with Crippen LogP contribution in [0.25, 0.3) is 0 Å². The molecule has 1 unspecified atom stereocenters. The SMILES string of the molecule is CC.CNCC1(CCN)CCNC1. The minimum absolute atomic E-state index is 0.448. The van der Waals surface area contributed by atoms with Gasteiger partial charge in [-0.1, -0.05) is 13.8 Å². The van der Waals surface area contributed by atoms with Crippen molar-refractivity contribution in [2.75, 3.05) is 33.2 Å². The molecule has 1 heterocycles. The Labute approximate surface area is 82.5 Å². The second-order valence-corrected chi connectivity index (χ2v) is 3.50. The van der Waals surface area contributed by atoms with E-state index in [1.807, 2.05) is 20.9 Å². The first kappa shape index (κ1) is 12.9. The molecule has 0 spiro atoms. The van der Waals surface area contributed by atoms with Crippen molar-refractivity contribution in [3.8, 4) is 0 Å².